The number of carbonyl (C=O) groups excluding carboxylic acids is 2. The van der Waals surface area contributed by atoms with Crippen LogP contribution in [-0.4, -0.2) is 47.9 Å². The van der Waals surface area contributed by atoms with Crippen LogP contribution in [0.15, 0.2) is 48.0 Å². The SMILES string of the molecule is COc1cc(C=C2C(=O)N(C)C(=S)N(C)C2=O)ccc1OCc1ccc(I)cc1. The maximum Gasteiger partial charge on any atom is 0.265 e. The topological polar surface area (TPSA) is 59.1 Å². The van der Waals surface area contributed by atoms with Crippen LogP contribution in [0.4, 0.5) is 0 Å². The quantitative estimate of drug-likeness (QED) is 0.261. The van der Waals surface area contributed by atoms with Crippen molar-refractivity contribution in [3.8, 4) is 11.5 Å². The molecular formula is C21H19IN2O4S. The molecule has 0 aliphatic carbocycles. The largest absolute Gasteiger partial charge is 0.493 e. The highest BCUT2D eigenvalue weighted by molar-refractivity contribution is 14.1. The molecule has 0 saturated carbocycles. The second-order valence-electron chi connectivity index (χ2n) is 6.39. The third-order valence-electron chi connectivity index (χ3n) is 4.45. The number of amides is 2. The van der Waals surface area contributed by atoms with Gasteiger partial charge in [-0.3, -0.25) is 19.4 Å². The Morgan fingerprint density at radius 1 is 1.00 bits per heavy atom. The number of hydrogen-bond donors (Lipinski definition) is 0. The van der Waals surface area contributed by atoms with Crippen molar-refractivity contribution in [3.63, 3.8) is 0 Å². The van der Waals surface area contributed by atoms with E-state index in [4.69, 9.17) is 21.7 Å². The fourth-order valence-corrected chi connectivity index (χ4v) is 3.30. The van der Waals surface area contributed by atoms with E-state index < -0.39 is 11.8 Å². The van der Waals surface area contributed by atoms with Gasteiger partial charge in [0, 0.05) is 17.7 Å². The summed E-state index contributed by atoms with van der Waals surface area (Å²) in [6.45, 7) is 0.401. The maximum absolute atomic E-state index is 12.5. The third-order valence-corrected chi connectivity index (χ3v) is 5.72. The van der Waals surface area contributed by atoms with Crippen molar-refractivity contribution >= 4 is 57.8 Å². The standard InChI is InChI=1S/C21H19IN2O4S/c1-23-19(25)16(20(26)24(2)21(23)29)10-14-6-9-17(18(11-14)27-3)28-12-13-4-7-15(22)8-5-13/h4-11H,12H2,1-3H3. The lowest BCUT2D eigenvalue weighted by Gasteiger charge is -2.31. The number of halogens is 1. The number of nitrogens with zero attached hydrogens (tertiary/aromatic N) is 2. The Morgan fingerprint density at radius 2 is 1.62 bits per heavy atom. The Labute approximate surface area is 188 Å². The summed E-state index contributed by atoms with van der Waals surface area (Å²) >= 11 is 7.35. The maximum atomic E-state index is 12.5. The number of thiocarbonyl (C=S) groups is 1. The van der Waals surface area contributed by atoms with Gasteiger partial charge in [-0.25, -0.2) is 0 Å². The first-order valence-corrected chi connectivity index (χ1v) is 10.2. The molecule has 0 N–H and O–H groups in total. The van der Waals surface area contributed by atoms with Gasteiger partial charge in [-0.2, -0.15) is 0 Å². The minimum Gasteiger partial charge on any atom is -0.493 e. The average molecular weight is 522 g/mol. The van der Waals surface area contributed by atoms with Gasteiger partial charge in [0.25, 0.3) is 11.8 Å². The van der Waals surface area contributed by atoms with Crippen LogP contribution in [-0.2, 0) is 16.2 Å². The molecule has 2 aromatic carbocycles. The van der Waals surface area contributed by atoms with E-state index in [1.54, 1.807) is 39.4 Å². The summed E-state index contributed by atoms with van der Waals surface area (Å²) in [6, 6.07) is 13.3. The summed E-state index contributed by atoms with van der Waals surface area (Å²) in [6.07, 6.45) is 1.53. The molecule has 1 saturated heterocycles. The minimum absolute atomic E-state index is 0.0400. The van der Waals surface area contributed by atoms with Crippen LogP contribution in [0.25, 0.3) is 6.08 Å². The van der Waals surface area contributed by atoms with E-state index in [0.717, 1.165) is 9.13 Å². The molecule has 1 fully saturated rings. The Bertz CT molecular complexity index is 978. The van der Waals surface area contributed by atoms with E-state index in [-0.39, 0.29) is 10.7 Å². The lowest BCUT2D eigenvalue weighted by atomic mass is 10.1. The molecule has 29 heavy (non-hydrogen) atoms. The van der Waals surface area contributed by atoms with Crippen molar-refractivity contribution in [2.75, 3.05) is 21.2 Å². The molecule has 0 atom stereocenters. The van der Waals surface area contributed by atoms with Crippen molar-refractivity contribution in [1.82, 2.24) is 9.80 Å². The van der Waals surface area contributed by atoms with Crippen LogP contribution in [0.2, 0.25) is 0 Å². The van der Waals surface area contributed by atoms with Crippen LogP contribution >= 0.6 is 34.8 Å². The van der Waals surface area contributed by atoms with Crippen molar-refractivity contribution < 1.29 is 19.1 Å². The Morgan fingerprint density at radius 3 is 2.21 bits per heavy atom. The summed E-state index contributed by atoms with van der Waals surface area (Å²) in [4.78, 5) is 27.5. The van der Waals surface area contributed by atoms with Crippen LogP contribution in [0.1, 0.15) is 11.1 Å². The molecule has 0 unspecified atom stereocenters. The van der Waals surface area contributed by atoms with Crippen molar-refractivity contribution in [2.24, 2.45) is 0 Å². The van der Waals surface area contributed by atoms with Gasteiger partial charge in [-0.1, -0.05) is 18.2 Å². The lowest BCUT2D eigenvalue weighted by Crippen LogP contribution is -2.52. The van der Waals surface area contributed by atoms with Gasteiger partial charge in [0.15, 0.2) is 16.6 Å². The highest BCUT2D eigenvalue weighted by Crippen LogP contribution is 2.30. The van der Waals surface area contributed by atoms with Gasteiger partial charge in [0.1, 0.15) is 12.2 Å². The number of hydrogen-bond acceptors (Lipinski definition) is 5. The summed E-state index contributed by atoms with van der Waals surface area (Å²) in [5.74, 6) is 0.218. The molecular weight excluding hydrogens is 503 g/mol. The average Bonchev–Trinajstić information content (AvgIpc) is 2.74. The number of carbonyl (C=O) groups is 2. The molecule has 3 rings (SSSR count). The Balaban J connectivity index is 1.83. The van der Waals surface area contributed by atoms with Gasteiger partial charge in [-0.15, -0.1) is 0 Å². The van der Waals surface area contributed by atoms with E-state index in [0.29, 0.717) is 23.7 Å². The van der Waals surface area contributed by atoms with E-state index in [1.165, 1.54) is 15.9 Å². The van der Waals surface area contributed by atoms with E-state index in [1.807, 2.05) is 24.3 Å². The van der Waals surface area contributed by atoms with E-state index in [9.17, 15) is 9.59 Å². The molecule has 150 valence electrons. The molecule has 0 radical (unpaired) electrons. The summed E-state index contributed by atoms with van der Waals surface area (Å²) < 4.78 is 12.5. The normalized spacial score (nSPS) is 14.3. The number of methoxy groups -OCH3 is 1. The zero-order valence-electron chi connectivity index (χ0n) is 16.1. The molecule has 2 aromatic rings. The van der Waals surface area contributed by atoms with E-state index >= 15 is 0 Å². The minimum atomic E-state index is -0.434. The van der Waals surface area contributed by atoms with Gasteiger partial charge < -0.3 is 9.47 Å². The monoisotopic (exact) mass is 522 g/mol. The van der Waals surface area contributed by atoms with Crippen LogP contribution in [0.3, 0.4) is 0 Å². The summed E-state index contributed by atoms with van der Waals surface area (Å²) in [5, 5.41) is 0.175. The summed E-state index contributed by atoms with van der Waals surface area (Å²) in [5.41, 5.74) is 1.73. The predicted molar refractivity (Wildman–Crippen MR) is 123 cm³/mol. The summed E-state index contributed by atoms with van der Waals surface area (Å²) in [7, 11) is 4.63. The zero-order valence-corrected chi connectivity index (χ0v) is 19.1. The number of benzene rings is 2. The van der Waals surface area contributed by atoms with E-state index in [2.05, 4.69) is 22.6 Å². The molecule has 1 aliphatic rings. The highest BCUT2D eigenvalue weighted by atomic mass is 127. The molecule has 8 heteroatoms. The fourth-order valence-electron chi connectivity index (χ4n) is 2.78. The van der Waals surface area contributed by atoms with Gasteiger partial charge in [0.2, 0.25) is 0 Å². The Hall–Kier alpha value is -2.46. The number of likely N-dealkylation sites (N-methyl/N-ethyl adjacent to an activating group) is 2. The van der Waals surface area contributed by atoms with Crippen molar-refractivity contribution in [1.29, 1.82) is 0 Å². The molecule has 0 bridgehead atoms. The predicted octanol–water partition coefficient (Wildman–Crippen LogP) is 3.48. The molecule has 6 nitrogen and oxygen atoms in total. The first kappa shape index (κ1) is 21.3. The molecule has 2 amide bonds. The number of rotatable bonds is 5. The van der Waals surface area contributed by atoms with Crippen molar-refractivity contribution in [2.45, 2.75) is 6.61 Å². The van der Waals surface area contributed by atoms with Crippen LogP contribution in [0, 0.1) is 3.57 Å². The second-order valence-corrected chi connectivity index (χ2v) is 8.01. The second kappa shape index (κ2) is 8.91. The first-order chi connectivity index (χ1) is 13.8. The molecule has 0 aromatic heterocycles. The third kappa shape index (κ3) is 4.59. The lowest BCUT2D eigenvalue weighted by molar-refractivity contribution is -0.132. The molecule has 1 heterocycles. The van der Waals surface area contributed by atoms with Gasteiger partial charge in [-0.05, 0) is 76.3 Å². The van der Waals surface area contributed by atoms with Crippen LogP contribution in [0.5, 0.6) is 11.5 Å². The Kier molecular flexibility index (Phi) is 6.53. The molecule has 0 spiro atoms. The van der Waals surface area contributed by atoms with Crippen LogP contribution < -0.4 is 9.47 Å². The zero-order chi connectivity index (χ0) is 21.1. The van der Waals surface area contributed by atoms with Crippen molar-refractivity contribution in [3.05, 3.63) is 62.7 Å². The fraction of sp³-hybridized carbons (Fsp3) is 0.190. The highest BCUT2D eigenvalue weighted by Gasteiger charge is 2.35. The smallest absolute Gasteiger partial charge is 0.265 e. The molecule has 1 aliphatic heterocycles. The first-order valence-electron chi connectivity index (χ1n) is 8.69. The van der Waals surface area contributed by atoms with Gasteiger partial charge >= 0.3 is 0 Å². The van der Waals surface area contributed by atoms with Gasteiger partial charge in [0.05, 0.1) is 7.11 Å². The number of ether oxygens (including phenoxy) is 2.